The summed E-state index contributed by atoms with van der Waals surface area (Å²) in [6, 6.07) is 5.84. The van der Waals surface area contributed by atoms with Crippen molar-refractivity contribution in [3.63, 3.8) is 0 Å². The minimum Gasteiger partial charge on any atom is -0.376 e. The van der Waals surface area contributed by atoms with Gasteiger partial charge in [0.2, 0.25) is 5.95 Å². The first-order valence-corrected chi connectivity index (χ1v) is 8.78. The summed E-state index contributed by atoms with van der Waals surface area (Å²) >= 11 is 0. The van der Waals surface area contributed by atoms with Gasteiger partial charge in [-0.3, -0.25) is 4.98 Å². The van der Waals surface area contributed by atoms with Crippen LogP contribution in [0.1, 0.15) is 24.2 Å². The molecule has 7 nitrogen and oxygen atoms in total. The Kier molecular flexibility index (Phi) is 4.62. The molecule has 26 heavy (non-hydrogen) atoms. The Morgan fingerprint density at radius 2 is 2.08 bits per heavy atom. The van der Waals surface area contributed by atoms with Gasteiger partial charge in [-0.15, -0.1) is 0 Å². The van der Waals surface area contributed by atoms with Crippen molar-refractivity contribution in [3.05, 3.63) is 42.0 Å². The number of aryl methyl sites for hydroxylation is 2. The van der Waals surface area contributed by atoms with E-state index in [4.69, 9.17) is 14.2 Å². The molecule has 1 saturated heterocycles. The van der Waals surface area contributed by atoms with Crippen molar-refractivity contribution in [2.75, 3.05) is 18.5 Å². The fourth-order valence-electron chi connectivity index (χ4n) is 2.98. The van der Waals surface area contributed by atoms with Crippen LogP contribution in [-0.2, 0) is 4.74 Å². The maximum absolute atomic E-state index is 5.65. The Labute approximate surface area is 151 Å². The van der Waals surface area contributed by atoms with Crippen LogP contribution in [0.15, 0.2) is 35.1 Å². The van der Waals surface area contributed by atoms with Crippen LogP contribution in [0.2, 0.25) is 0 Å². The van der Waals surface area contributed by atoms with Crippen molar-refractivity contribution < 1.29 is 9.26 Å². The second kappa shape index (κ2) is 7.21. The Hall–Kier alpha value is -2.80. The van der Waals surface area contributed by atoms with Crippen LogP contribution in [0.3, 0.4) is 0 Å². The summed E-state index contributed by atoms with van der Waals surface area (Å²) < 4.78 is 11.1. The van der Waals surface area contributed by atoms with Crippen LogP contribution in [0.25, 0.3) is 22.6 Å². The Bertz CT molecular complexity index is 885. The number of rotatable bonds is 5. The van der Waals surface area contributed by atoms with Gasteiger partial charge in [0.1, 0.15) is 0 Å². The molecule has 3 aromatic rings. The Balaban J connectivity index is 1.68. The fraction of sp³-hybridized carbons (Fsp3) is 0.368. The molecule has 0 aromatic carbocycles. The van der Waals surface area contributed by atoms with Gasteiger partial charge in [0, 0.05) is 42.9 Å². The highest BCUT2D eigenvalue weighted by Gasteiger charge is 2.18. The minimum atomic E-state index is 0.222. The van der Waals surface area contributed by atoms with Crippen molar-refractivity contribution in [2.45, 2.75) is 32.8 Å². The highest BCUT2D eigenvalue weighted by molar-refractivity contribution is 5.78. The highest BCUT2D eigenvalue weighted by Crippen LogP contribution is 2.31. The number of anilines is 1. The Morgan fingerprint density at radius 3 is 2.77 bits per heavy atom. The first kappa shape index (κ1) is 16.7. The number of pyridine rings is 1. The summed E-state index contributed by atoms with van der Waals surface area (Å²) in [6.07, 6.45) is 5.97. The Morgan fingerprint density at radius 1 is 1.15 bits per heavy atom. The van der Waals surface area contributed by atoms with E-state index in [2.05, 4.69) is 20.4 Å². The van der Waals surface area contributed by atoms with E-state index in [0.29, 0.717) is 18.3 Å². The number of nitrogens with zero attached hydrogens (tertiary/aromatic N) is 4. The second-order valence-corrected chi connectivity index (χ2v) is 6.49. The number of ether oxygens (including phenoxy) is 1. The highest BCUT2D eigenvalue weighted by atomic mass is 16.5. The smallest absolute Gasteiger partial charge is 0.223 e. The number of aromatic nitrogens is 4. The number of nitrogens with one attached hydrogen (secondary N) is 1. The standard InChI is InChI=1S/C19H21N5O2/c1-12-5-6-14(9-20-12)18-16(17-8-13(2)24-26-17)11-22-19(23-18)21-10-15-4-3-7-25-15/h5-6,8-9,11,15H,3-4,7,10H2,1-2H3,(H,21,22,23)/t15-/m1/s1. The minimum absolute atomic E-state index is 0.222. The predicted molar refractivity (Wildman–Crippen MR) is 97.7 cm³/mol. The van der Waals surface area contributed by atoms with Gasteiger partial charge in [-0.1, -0.05) is 5.16 Å². The topological polar surface area (TPSA) is 86.0 Å². The van der Waals surface area contributed by atoms with E-state index < -0.39 is 0 Å². The average Bonchev–Trinajstić information content (AvgIpc) is 3.32. The maximum atomic E-state index is 5.65. The lowest BCUT2D eigenvalue weighted by atomic mass is 10.1. The summed E-state index contributed by atoms with van der Waals surface area (Å²) in [7, 11) is 0. The van der Waals surface area contributed by atoms with Gasteiger partial charge < -0.3 is 14.6 Å². The van der Waals surface area contributed by atoms with Crippen molar-refractivity contribution >= 4 is 5.95 Å². The van der Waals surface area contributed by atoms with Gasteiger partial charge in [-0.2, -0.15) is 0 Å². The van der Waals surface area contributed by atoms with Gasteiger partial charge >= 0.3 is 0 Å². The van der Waals surface area contributed by atoms with Crippen LogP contribution in [0.5, 0.6) is 0 Å². The molecule has 7 heteroatoms. The summed E-state index contributed by atoms with van der Waals surface area (Å²) in [4.78, 5) is 13.5. The van der Waals surface area contributed by atoms with E-state index in [1.807, 2.05) is 38.2 Å². The summed E-state index contributed by atoms with van der Waals surface area (Å²) in [5.74, 6) is 1.21. The molecule has 1 aliphatic rings. The molecule has 134 valence electrons. The lowest BCUT2D eigenvalue weighted by Crippen LogP contribution is -2.19. The van der Waals surface area contributed by atoms with E-state index in [-0.39, 0.29) is 6.10 Å². The third kappa shape index (κ3) is 3.57. The summed E-state index contributed by atoms with van der Waals surface area (Å²) in [5, 5.41) is 7.25. The summed E-state index contributed by atoms with van der Waals surface area (Å²) in [6.45, 7) is 5.38. The molecule has 1 aliphatic heterocycles. The lowest BCUT2D eigenvalue weighted by molar-refractivity contribution is 0.120. The molecule has 1 N–H and O–H groups in total. The predicted octanol–water partition coefficient (Wildman–Crippen LogP) is 3.40. The molecule has 3 aromatic heterocycles. The van der Waals surface area contributed by atoms with Gasteiger partial charge in [-0.05, 0) is 38.8 Å². The molecule has 1 atom stereocenters. The monoisotopic (exact) mass is 351 g/mol. The first-order valence-electron chi connectivity index (χ1n) is 8.78. The third-order valence-electron chi connectivity index (χ3n) is 4.38. The molecule has 0 radical (unpaired) electrons. The zero-order valence-corrected chi connectivity index (χ0v) is 14.9. The zero-order valence-electron chi connectivity index (χ0n) is 14.9. The van der Waals surface area contributed by atoms with E-state index in [1.165, 1.54) is 0 Å². The molecule has 4 rings (SSSR count). The molecule has 1 fully saturated rings. The largest absolute Gasteiger partial charge is 0.376 e. The van der Waals surface area contributed by atoms with Crippen molar-refractivity contribution in [1.29, 1.82) is 0 Å². The third-order valence-corrected chi connectivity index (χ3v) is 4.38. The van der Waals surface area contributed by atoms with Gasteiger partial charge in [0.15, 0.2) is 5.76 Å². The first-order chi connectivity index (χ1) is 12.7. The lowest BCUT2D eigenvalue weighted by Gasteiger charge is -2.12. The van der Waals surface area contributed by atoms with Crippen LogP contribution in [0.4, 0.5) is 5.95 Å². The van der Waals surface area contributed by atoms with E-state index in [0.717, 1.165) is 47.7 Å². The van der Waals surface area contributed by atoms with Crippen LogP contribution in [0, 0.1) is 13.8 Å². The number of hydrogen-bond donors (Lipinski definition) is 1. The van der Waals surface area contributed by atoms with E-state index in [9.17, 15) is 0 Å². The van der Waals surface area contributed by atoms with Crippen LogP contribution < -0.4 is 5.32 Å². The zero-order chi connectivity index (χ0) is 17.9. The SMILES string of the molecule is Cc1ccc(-c2nc(NC[C@H]3CCCO3)ncc2-c2cc(C)no2)cn1. The maximum Gasteiger partial charge on any atom is 0.223 e. The molecule has 0 spiro atoms. The molecule has 0 aliphatic carbocycles. The molecule has 4 heterocycles. The molecule has 0 amide bonds. The van der Waals surface area contributed by atoms with Gasteiger partial charge in [0.25, 0.3) is 0 Å². The van der Waals surface area contributed by atoms with E-state index in [1.54, 1.807) is 6.20 Å². The quantitative estimate of drug-likeness (QED) is 0.754. The fourth-order valence-corrected chi connectivity index (χ4v) is 2.98. The number of hydrogen-bond acceptors (Lipinski definition) is 7. The van der Waals surface area contributed by atoms with Crippen molar-refractivity contribution in [2.24, 2.45) is 0 Å². The molecule has 0 unspecified atom stereocenters. The van der Waals surface area contributed by atoms with E-state index >= 15 is 0 Å². The molecule has 0 saturated carbocycles. The summed E-state index contributed by atoms with van der Waals surface area (Å²) in [5.41, 5.74) is 4.23. The van der Waals surface area contributed by atoms with Crippen molar-refractivity contribution in [1.82, 2.24) is 20.1 Å². The van der Waals surface area contributed by atoms with Crippen molar-refractivity contribution in [3.8, 4) is 22.6 Å². The van der Waals surface area contributed by atoms with Crippen LogP contribution in [-0.4, -0.2) is 39.4 Å². The molecular weight excluding hydrogens is 330 g/mol. The average molecular weight is 351 g/mol. The van der Waals surface area contributed by atoms with Crippen LogP contribution >= 0.6 is 0 Å². The normalized spacial score (nSPS) is 16.8. The molecule has 0 bridgehead atoms. The van der Waals surface area contributed by atoms with Gasteiger partial charge in [-0.25, -0.2) is 9.97 Å². The molecular formula is C19H21N5O2. The van der Waals surface area contributed by atoms with Gasteiger partial charge in [0.05, 0.1) is 23.1 Å². The second-order valence-electron chi connectivity index (χ2n) is 6.49.